The smallest absolute Gasteiger partial charge is 0.0154 e. The van der Waals surface area contributed by atoms with Gasteiger partial charge in [-0.2, -0.15) is 0 Å². The van der Waals surface area contributed by atoms with Gasteiger partial charge in [-0.15, -0.1) is 0 Å². The minimum Gasteiger partial charge on any atom is -0.295 e. The normalized spacial score (nSPS) is 40.8. The van der Waals surface area contributed by atoms with E-state index in [1.807, 2.05) is 0 Å². The quantitative estimate of drug-likeness (QED) is 0.590. The maximum absolute atomic E-state index is 2.77. The largest absolute Gasteiger partial charge is 0.295 e. The van der Waals surface area contributed by atoms with Crippen LogP contribution in [0.2, 0.25) is 0 Å². The van der Waals surface area contributed by atoms with Crippen molar-refractivity contribution in [3.63, 3.8) is 0 Å². The highest BCUT2D eigenvalue weighted by Gasteiger charge is 2.50. The molecule has 2 bridgehead atoms. The lowest BCUT2D eigenvalue weighted by Crippen LogP contribution is -2.64. The van der Waals surface area contributed by atoms with Gasteiger partial charge in [0, 0.05) is 18.1 Å². The van der Waals surface area contributed by atoms with Crippen molar-refractivity contribution in [1.29, 1.82) is 0 Å². The van der Waals surface area contributed by atoms with Crippen LogP contribution in [0.1, 0.15) is 54.4 Å². The second-order valence-electron chi connectivity index (χ2n) is 7.50. The van der Waals surface area contributed by atoms with Crippen molar-refractivity contribution in [2.24, 2.45) is 17.3 Å². The highest BCUT2D eigenvalue weighted by Crippen LogP contribution is 2.51. The van der Waals surface area contributed by atoms with Crippen molar-refractivity contribution in [1.82, 2.24) is 4.90 Å². The molecule has 3 atom stereocenters. The monoisotopic (exact) mass is 209 g/mol. The third-order valence-electron chi connectivity index (χ3n) is 4.76. The predicted octanol–water partition coefficient (Wildman–Crippen LogP) is 3.54. The summed E-state index contributed by atoms with van der Waals surface area (Å²) in [5, 5.41) is 0. The van der Waals surface area contributed by atoms with E-state index >= 15 is 0 Å². The van der Waals surface area contributed by atoms with Gasteiger partial charge in [0.1, 0.15) is 0 Å². The van der Waals surface area contributed by atoms with Crippen molar-refractivity contribution >= 4 is 0 Å². The Morgan fingerprint density at radius 1 is 1.20 bits per heavy atom. The van der Waals surface area contributed by atoms with Crippen LogP contribution in [0.25, 0.3) is 0 Å². The van der Waals surface area contributed by atoms with Crippen molar-refractivity contribution in [2.45, 2.75) is 66.0 Å². The molecule has 0 aromatic heterocycles. The van der Waals surface area contributed by atoms with Crippen LogP contribution in [-0.2, 0) is 0 Å². The van der Waals surface area contributed by atoms with E-state index in [0.29, 0.717) is 11.0 Å². The van der Waals surface area contributed by atoms with Crippen LogP contribution >= 0.6 is 0 Å². The van der Waals surface area contributed by atoms with Crippen LogP contribution < -0.4 is 0 Å². The van der Waals surface area contributed by atoms with E-state index in [4.69, 9.17) is 0 Å². The third-order valence-corrected chi connectivity index (χ3v) is 4.76. The van der Waals surface area contributed by atoms with E-state index in [9.17, 15) is 0 Å². The third kappa shape index (κ3) is 1.84. The van der Waals surface area contributed by atoms with Crippen molar-refractivity contribution in [2.75, 3.05) is 6.54 Å². The molecule has 0 spiro atoms. The summed E-state index contributed by atoms with van der Waals surface area (Å²) in [6.07, 6.45) is 2.85. The molecule has 3 aliphatic rings. The predicted molar refractivity (Wildman–Crippen MR) is 65.9 cm³/mol. The lowest BCUT2D eigenvalue weighted by atomic mass is 9.60. The molecule has 0 aromatic carbocycles. The van der Waals surface area contributed by atoms with Gasteiger partial charge in [0.2, 0.25) is 0 Å². The SMILES string of the molecule is C[C@H]1C[C@H]2N(C(C)(C)C)C[C@@H]1CC2(C)C. The Morgan fingerprint density at radius 2 is 1.80 bits per heavy atom. The first kappa shape index (κ1) is 11.4. The van der Waals surface area contributed by atoms with E-state index in [2.05, 4.69) is 46.4 Å². The van der Waals surface area contributed by atoms with Gasteiger partial charge in [-0.05, 0) is 50.9 Å². The summed E-state index contributed by atoms with van der Waals surface area (Å²) >= 11 is 0. The van der Waals surface area contributed by atoms with Crippen LogP contribution in [0.4, 0.5) is 0 Å². The molecular formula is C14H27N. The number of nitrogens with zero attached hydrogens (tertiary/aromatic N) is 1. The van der Waals surface area contributed by atoms with Gasteiger partial charge in [-0.1, -0.05) is 20.8 Å². The van der Waals surface area contributed by atoms with Gasteiger partial charge in [-0.3, -0.25) is 4.90 Å². The summed E-state index contributed by atoms with van der Waals surface area (Å²) in [5.74, 6) is 1.88. The Labute approximate surface area is 95.2 Å². The van der Waals surface area contributed by atoms with Crippen molar-refractivity contribution in [3.8, 4) is 0 Å². The second-order valence-corrected chi connectivity index (χ2v) is 7.50. The summed E-state index contributed by atoms with van der Waals surface area (Å²) in [4.78, 5) is 2.77. The lowest BCUT2D eigenvalue weighted by molar-refractivity contribution is -0.111. The summed E-state index contributed by atoms with van der Waals surface area (Å²) < 4.78 is 0. The maximum atomic E-state index is 2.77. The Bertz CT molecular complexity index is 249. The van der Waals surface area contributed by atoms with E-state index in [1.165, 1.54) is 19.4 Å². The minimum atomic E-state index is 0.348. The summed E-state index contributed by atoms with van der Waals surface area (Å²) in [6, 6.07) is 0.803. The van der Waals surface area contributed by atoms with Crippen molar-refractivity contribution in [3.05, 3.63) is 0 Å². The van der Waals surface area contributed by atoms with E-state index in [-0.39, 0.29) is 0 Å². The molecule has 3 fully saturated rings. The molecule has 2 heterocycles. The van der Waals surface area contributed by atoms with E-state index in [1.54, 1.807) is 0 Å². The zero-order chi connectivity index (χ0) is 11.4. The first-order valence-electron chi connectivity index (χ1n) is 6.48. The zero-order valence-corrected chi connectivity index (χ0v) is 11.3. The number of hydrogen-bond donors (Lipinski definition) is 0. The van der Waals surface area contributed by atoms with Gasteiger partial charge >= 0.3 is 0 Å². The Balaban J connectivity index is 2.26. The highest BCUT2D eigenvalue weighted by atomic mass is 15.2. The molecular weight excluding hydrogens is 182 g/mol. The molecule has 1 heteroatoms. The average Bonchev–Trinajstić information content (AvgIpc) is 2.03. The van der Waals surface area contributed by atoms with Crippen LogP contribution in [-0.4, -0.2) is 23.0 Å². The molecule has 3 rings (SSSR count). The molecule has 0 radical (unpaired) electrons. The molecule has 1 aliphatic carbocycles. The summed E-state index contributed by atoms with van der Waals surface area (Å²) in [7, 11) is 0. The Hall–Kier alpha value is -0.0400. The standard InChI is InChI=1S/C14H27N/c1-10-7-12-14(5,6)8-11(10)9-15(12)13(2,3)4/h10-12H,7-9H2,1-6H3/t10-,11-,12+/m0/s1. The van der Waals surface area contributed by atoms with Crippen LogP contribution in [0.15, 0.2) is 0 Å². The van der Waals surface area contributed by atoms with Gasteiger partial charge in [0.25, 0.3) is 0 Å². The molecule has 0 amide bonds. The van der Waals surface area contributed by atoms with Crippen LogP contribution in [0.3, 0.4) is 0 Å². The molecule has 88 valence electrons. The van der Waals surface area contributed by atoms with Gasteiger partial charge in [0.05, 0.1) is 0 Å². The minimum absolute atomic E-state index is 0.348. The first-order valence-corrected chi connectivity index (χ1v) is 6.48. The summed E-state index contributed by atoms with van der Waals surface area (Å²) in [6.45, 7) is 15.8. The topological polar surface area (TPSA) is 3.24 Å². The first-order chi connectivity index (χ1) is 6.72. The molecule has 2 saturated heterocycles. The van der Waals surface area contributed by atoms with Crippen LogP contribution in [0, 0.1) is 17.3 Å². The highest BCUT2D eigenvalue weighted by molar-refractivity contribution is 5.04. The number of rotatable bonds is 0. The Morgan fingerprint density at radius 3 is 2.27 bits per heavy atom. The second kappa shape index (κ2) is 3.23. The molecule has 1 nitrogen and oxygen atoms in total. The van der Waals surface area contributed by atoms with E-state index < -0.39 is 0 Å². The van der Waals surface area contributed by atoms with Gasteiger partial charge in [0.15, 0.2) is 0 Å². The van der Waals surface area contributed by atoms with Crippen LogP contribution in [0.5, 0.6) is 0 Å². The average molecular weight is 209 g/mol. The van der Waals surface area contributed by atoms with Crippen molar-refractivity contribution < 1.29 is 0 Å². The summed E-state index contributed by atoms with van der Waals surface area (Å²) in [5.41, 5.74) is 0.878. The molecule has 1 saturated carbocycles. The fraction of sp³-hybridized carbons (Fsp3) is 1.00. The van der Waals surface area contributed by atoms with E-state index in [0.717, 1.165) is 17.9 Å². The number of fused-ring (bicyclic) bond motifs is 3. The number of hydrogen-bond acceptors (Lipinski definition) is 1. The fourth-order valence-electron chi connectivity index (χ4n) is 3.79. The van der Waals surface area contributed by atoms with Gasteiger partial charge < -0.3 is 0 Å². The molecule has 0 unspecified atom stereocenters. The number of piperidine rings is 2. The fourth-order valence-corrected chi connectivity index (χ4v) is 3.79. The maximum Gasteiger partial charge on any atom is 0.0154 e. The molecule has 2 aliphatic heterocycles. The van der Waals surface area contributed by atoms with Gasteiger partial charge in [-0.25, -0.2) is 0 Å². The molecule has 0 aromatic rings. The zero-order valence-electron chi connectivity index (χ0n) is 11.3. The molecule has 15 heavy (non-hydrogen) atoms. The molecule has 0 N–H and O–H groups in total. The lowest BCUT2D eigenvalue weighted by Gasteiger charge is -2.60. The Kier molecular flexibility index (Phi) is 2.46.